The highest BCUT2D eigenvalue weighted by molar-refractivity contribution is 6.60. The molecule has 0 heterocycles. The molecule has 0 radical (unpaired) electrons. The van der Waals surface area contributed by atoms with Gasteiger partial charge in [0.15, 0.2) is 0 Å². The SMILES string of the molecule is CCO[Si](CCCNC(=O)OC/C=C(C)/C=C/C=C(C)/C=C/C1=C(C)CCCC1(C)C)(OCC)OCC. The van der Waals surface area contributed by atoms with Gasteiger partial charge in [-0.3, -0.25) is 0 Å². The van der Waals surface area contributed by atoms with Crippen LogP contribution in [0.2, 0.25) is 6.04 Å². The molecule has 1 N–H and O–H groups in total. The van der Waals surface area contributed by atoms with Crippen molar-refractivity contribution in [3.05, 3.63) is 58.7 Å². The minimum absolute atomic E-state index is 0.225. The molecular weight excluding hydrogens is 482 g/mol. The molecular formula is C30H51NO5Si. The Hall–Kier alpha value is -1.93. The first kappa shape index (κ1) is 33.1. The van der Waals surface area contributed by atoms with Crippen molar-refractivity contribution in [3.63, 3.8) is 0 Å². The van der Waals surface area contributed by atoms with E-state index in [1.54, 1.807) is 0 Å². The highest BCUT2D eigenvalue weighted by atomic mass is 28.4. The number of carbonyl (C=O) groups is 1. The average Bonchev–Trinajstić information content (AvgIpc) is 2.82. The van der Waals surface area contributed by atoms with Crippen LogP contribution in [0, 0.1) is 5.41 Å². The van der Waals surface area contributed by atoms with E-state index in [1.807, 2.05) is 45.9 Å². The number of nitrogens with one attached hydrogen (secondary N) is 1. The van der Waals surface area contributed by atoms with Crippen molar-refractivity contribution in [1.82, 2.24) is 5.32 Å². The first-order chi connectivity index (χ1) is 17.6. The van der Waals surface area contributed by atoms with Crippen molar-refractivity contribution in [2.45, 2.75) is 87.1 Å². The fourth-order valence-electron chi connectivity index (χ4n) is 4.50. The molecule has 1 aliphatic rings. The third-order valence-corrected chi connectivity index (χ3v) is 9.57. The minimum atomic E-state index is -2.67. The molecule has 0 aromatic rings. The monoisotopic (exact) mass is 533 g/mol. The van der Waals surface area contributed by atoms with Crippen LogP contribution >= 0.6 is 0 Å². The fourth-order valence-corrected chi connectivity index (χ4v) is 7.11. The Morgan fingerprint density at radius 2 is 1.68 bits per heavy atom. The molecule has 0 fully saturated rings. The van der Waals surface area contributed by atoms with Gasteiger partial charge in [-0.15, -0.1) is 0 Å². The summed E-state index contributed by atoms with van der Waals surface area (Å²) in [5.41, 5.74) is 5.47. The lowest BCUT2D eigenvalue weighted by Crippen LogP contribution is -2.46. The molecule has 0 bridgehead atoms. The van der Waals surface area contributed by atoms with Crippen molar-refractivity contribution in [3.8, 4) is 0 Å². The zero-order valence-electron chi connectivity index (χ0n) is 24.6. The summed E-state index contributed by atoms with van der Waals surface area (Å²) in [5, 5.41) is 2.79. The Balaban J connectivity index is 2.44. The van der Waals surface area contributed by atoms with Gasteiger partial charge >= 0.3 is 14.9 Å². The van der Waals surface area contributed by atoms with E-state index in [2.05, 4.69) is 51.2 Å². The largest absolute Gasteiger partial charge is 0.500 e. The Labute approximate surface area is 227 Å². The van der Waals surface area contributed by atoms with Gasteiger partial charge in [0.05, 0.1) is 0 Å². The number of amides is 1. The summed E-state index contributed by atoms with van der Waals surface area (Å²) in [6.45, 7) is 19.2. The summed E-state index contributed by atoms with van der Waals surface area (Å²) >= 11 is 0. The van der Waals surface area contributed by atoms with E-state index in [1.165, 1.54) is 36.0 Å². The van der Waals surface area contributed by atoms with E-state index < -0.39 is 14.9 Å². The lowest BCUT2D eigenvalue weighted by molar-refractivity contribution is 0.0707. The van der Waals surface area contributed by atoms with E-state index in [0.717, 1.165) is 5.57 Å². The van der Waals surface area contributed by atoms with E-state index >= 15 is 0 Å². The van der Waals surface area contributed by atoms with Crippen LogP contribution in [0.1, 0.15) is 81.1 Å². The van der Waals surface area contributed by atoms with Gasteiger partial charge in [0, 0.05) is 32.4 Å². The van der Waals surface area contributed by atoms with Gasteiger partial charge in [-0.1, -0.05) is 60.9 Å². The van der Waals surface area contributed by atoms with Gasteiger partial charge in [-0.25, -0.2) is 4.79 Å². The predicted molar refractivity (Wildman–Crippen MR) is 156 cm³/mol. The zero-order chi connectivity index (χ0) is 27.7. The average molecular weight is 534 g/mol. The molecule has 7 heteroatoms. The standard InChI is InChI=1S/C30H51NO5Si/c1-9-34-37(35-10-2,36-11-3)24-14-22-31-29(32)33-23-20-26(5)16-12-15-25(4)18-19-28-27(6)17-13-21-30(28,7)8/h12,15-16,18-20H,9-11,13-14,17,21-24H2,1-8H3,(H,31,32)/b16-12+,19-18+,25-15+,26-20+. The summed E-state index contributed by atoms with van der Waals surface area (Å²) in [7, 11) is -2.67. The topological polar surface area (TPSA) is 66.0 Å². The van der Waals surface area contributed by atoms with Crippen molar-refractivity contribution < 1.29 is 22.8 Å². The van der Waals surface area contributed by atoms with E-state index in [-0.39, 0.29) is 12.0 Å². The highest BCUT2D eigenvalue weighted by Gasteiger charge is 2.39. The number of carbonyl (C=O) groups excluding carboxylic acids is 1. The molecule has 0 aliphatic heterocycles. The maximum atomic E-state index is 12.0. The van der Waals surface area contributed by atoms with Gasteiger partial charge < -0.3 is 23.3 Å². The molecule has 0 atom stereocenters. The van der Waals surface area contributed by atoms with Gasteiger partial charge in [0.2, 0.25) is 0 Å². The first-order valence-corrected chi connectivity index (χ1v) is 15.7. The third kappa shape index (κ3) is 12.9. The van der Waals surface area contributed by atoms with Crippen molar-refractivity contribution >= 4 is 14.9 Å². The Morgan fingerprint density at radius 1 is 1.03 bits per heavy atom. The fraction of sp³-hybridized carbons (Fsp3) is 0.633. The number of ether oxygens (including phenoxy) is 1. The lowest BCUT2D eigenvalue weighted by atomic mass is 9.72. The molecule has 1 amide bonds. The highest BCUT2D eigenvalue weighted by Crippen LogP contribution is 2.40. The second-order valence-corrected chi connectivity index (χ2v) is 12.8. The molecule has 37 heavy (non-hydrogen) atoms. The summed E-state index contributed by atoms with van der Waals surface area (Å²) in [6, 6.07) is 0.656. The lowest BCUT2D eigenvalue weighted by Gasteiger charge is -2.32. The quantitative estimate of drug-likeness (QED) is 0.125. The molecule has 0 spiro atoms. The van der Waals surface area contributed by atoms with Crippen LogP contribution in [0.5, 0.6) is 0 Å². The van der Waals surface area contributed by atoms with Crippen LogP contribution in [0.25, 0.3) is 0 Å². The molecule has 0 aromatic heterocycles. The maximum Gasteiger partial charge on any atom is 0.500 e. The summed E-state index contributed by atoms with van der Waals surface area (Å²) in [6.07, 6.45) is 16.5. The normalized spacial score (nSPS) is 17.2. The number of hydrogen-bond donors (Lipinski definition) is 1. The summed E-state index contributed by atoms with van der Waals surface area (Å²) in [5.74, 6) is 0. The zero-order valence-corrected chi connectivity index (χ0v) is 25.6. The van der Waals surface area contributed by atoms with Crippen LogP contribution in [0.4, 0.5) is 4.79 Å². The minimum Gasteiger partial charge on any atom is -0.445 e. The molecule has 1 rings (SSSR count). The second kappa shape index (κ2) is 17.6. The number of rotatable bonds is 16. The van der Waals surface area contributed by atoms with Crippen LogP contribution in [0.3, 0.4) is 0 Å². The van der Waals surface area contributed by atoms with Crippen LogP contribution < -0.4 is 5.32 Å². The van der Waals surface area contributed by atoms with E-state index in [0.29, 0.717) is 38.8 Å². The smallest absolute Gasteiger partial charge is 0.445 e. The third-order valence-electron chi connectivity index (χ3n) is 6.42. The van der Waals surface area contributed by atoms with Gasteiger partial charge in [0.1, 0.15) is 6.61 Å². The van der Waals surface area contributed by atoms with Crippen molar-refractivity contribution in [2.75, 3.05) is 33.0 Å². The predicted octanol–water partition coefficient (Wildman–Crippen LogP) is 7.68. The molecule has 0 saturated carbocycles. The van der Waals surface area contributed by atoms with Crippen LogP contribution in [-0.2, 0) is 18.0 Å². The molecule has 6 nitrogen and oxygen atoms in total. The first-order valence-electron chi connectivity index (χ1n) is 13.8. The second-order valence-electron chi connectivity index (χ2n) is 10.1. The van der Waals surface area contributed by atoms with Gasteiger partial charge in [-0.2, -0.15) is 0 Å². The Kier molecular flexibility index (Phi) is 15.7. The van der Waals surface area contributed by atoms with Gasteiger partial charge in [-0.05, 0) is 84.3 Å². The summed E-state index contributed by atoms with van der Waals surface area (Å²) in [4.78, 5) is 12.0. The number of hydrogen-bond acceptors (Lipinski definition) is 5. The van der Waals surface area contributed by atoms with Crippen LogP contribution in [-0.4, -0.2) is 47.9 Å². The van der Waals surface area contributed by atoms with Crippen molar-refractivity contribution in [2.24, 2.45) is 5.41 Å². The van der Waals surface area contributed by atoms with E-state index in [9.17, 15) is 4.79 Å². The molecule has 0 unspecified atom stereocenters. The number of alkyl carbamates (subject to hydrolysis) is 1. The molecule has 0 saturated heterocycles. The Bertz CT molecular complexity index is 837. The van der Waals surface area contributed by atoms with Crippen LogP contribution in [0.15, 0.2) is 58.7 Å². The summed E-state index contributed by atoms with van der Waals surface area (Å²) < 4.78 is 22.8. The number of allylic oxidation sites excluding steroid dienone is 9. The molecule has 210 valence electrons. The Morgan fingerprint density at radius 3 is 2.27 bits per heavy atom. The van der Waals surface area contributed by atoms with E-state index in [4.69, 9.17) is 18.0 Å². The van der Waals surface area contributed by atoms with Gasteiger partial charge in [0.25, 0.3) is 0 Å². The molecule has 0 aromatic carbocycles. The molecule has 1 aliphatic carbocycles. The van der Waals surface area contributed by atoms with Crippen molar-refractivity contribution in [1.29, 1.82) is 0 Å². The maximum absolute atomic E-state index is 12.0.